The lowest BCUT2D eigenvalue weighted by molar-refractivity contribution is -0.116. The molecule has 29 heavy (non-hydrogen) atoms. The number of amides is 1. The third kappa shape index (κ3) is 4.29. The Hall–Kier alpha value is -2.02. The fraction of sp³-hybridized carbons (Fsp3) is 0.381. The molecule has 0 aromatic heterocycles. The Morgan fingerprint density at radius 1 is 1.17 bits per heavy atom. The van der Waals surface area contributed by atoms with Gasteiger partial charge in [-0.25, -0.2) is 4.39 Å². The van der Waals surface area contributed by atoms with Crippen LogP contribution >= 0.6 is 23.2 Å². The molecule has 0 spiro atoms. The van der Waals surface area contributed by atoms with Crippen LogP contribution < -0.4 is 15.5 Å². The molecule has 2 aromatic rings. The number of nitrogens with one attached hydrogen (secondary N) is 2. The minimum Gasteiger partial charge on any atom is -0.388 e. The summed E-state index contributed by atoms with van der Waals surface area (Å²) < 4.78 is 14.0. The second kappa shape index (κ2) is 8.01. The first-order valence-electron chi connectivity index (χ1n) is 9.62. The van der Waals surface area contributed by atoms with Crippen molar-refractivity contribution in [3.63, 3.8) is 0 Å². The number of nitrogens with zero attached hydrogens (tertiary/aromatic N) is 1. The number of benzene rings is 2. The molecule has 0 saturated carbocycles. The first-order valence-corrected chi connectivity index (χ1v) is 10.4. The average Bonchev–Trinajstić information content (AvgIpc) is 2.69. The van der Waals surface area contributed by atoms with Crippen LogP contribution in [0.3, 0.4) is 0 Å². The third-order valence-electron chi connectivity index (χ3n) is 5.68. The quantitative estimate of drug-likeness (QED) is 0.660. The number of piperidine rings is 1. The molecule has 0 unspecified atom stereocenters. The molecule has 8 heteroatoms. The predicted molar refractivity (Wildman–Crippen MR) is 115 cm³/mol. The highest BCUT2D eigenvalue weighted by molar-refractivity contribution is 6.36. The maximum absolute atomic E-state index is 14.0. The molecular formula is C21H22Cl2FN3O2. The van der Waals surface area contributed by atoms with E-state index in [1.165, 1.54) is 6.07 Å². The fourth-order valence-electron chi connectivity index (χ4n) is 3.96. The second-order valence-electron chi connectivity index (χ2n) is 7.66. The van der Waals surface area contributed by atoms with E-state index in [-0.39, 0.29) is 11.6 Å². The average molecular weight is 438 g/mol. The summed E-state index contributed by atoms with van der Waals surface area (Å²) in [6, 6.07) is 8.42. The van der Waals surface area contributed by atoms with E-state index in [4.69, 9.17) is 23.2 Å². The van der Waals surface area contributed by atoms with Crippen molar-refractivity contribution in [2.24, 2.45) is 0 Å². The van der Waals surface area contributed by atoms with Crippen LogP contribution in [0.15, 0.2) is 30.3 Å². The van der Waals surface area contributed by atoms with Gasteiger partial charge >= 0.3 is 0 Å². The van der Waals surface area contributed by atoms with Crippen molar-refractivity contribution < 1.29 is 14.3 Å². The molecule has 0 atom stereocenters. The van der Waals surface area contributed by atoms with Crippen molar-refractivity contribution in [3.05, 3.63) is 51.8 Å². The molecule has 3 N–H and O–H groups in total. The number of carbonyl (C=O) groups excluding carboxylic acids is 1. The van der Waals surface area contributed by atoms with Crippen LogP contribution in [0.25, 0.3) is 0 Å². The number of fused-ring (bicyclic) bond motifs is 1. The van der Waals surface area contributed by atoms with Crippen molar-refractivity contribution in [1.29, 1.82) is 0 Å². The van der Waals surface area contributed by atoms with Crippen LogP contribution in [0.1, 0.15) is 24.8 Å². The van der Waals surface area contributed by atoms with Gasteiger partial charge in [0.1, 0.15) is 5.82 Å². The van der Waals surface area contributed by atoms with Crippen LogP contribution in [0.4, 0.5) is 21.5 Å². The largest absolute Gasteiger partial charge is 0.388 e. The molecule has 2 aliphatic rings. The Morgan fingerprint density at radius 3 is 2.66 bits per heavy atom. The van der Waals surface area contributed by atoms with E-state index in [0.29, 0.717) is 55.4 Å². The Balaban J connectivity index is 1.41. The van der Waals surface area contributed by atoms with Gasteiger partial charge in [-0.1, -0.05) is 23.2 Å². The minimum absolute atomic E-state index is 0.180. The summed E-state index contributed by atoms with van der Waals surface area (Å²) in [5.41, 5.74) is 1.77. The molecule has 4 rings (SSSR count). The lowest BCUT2D eigenvalue weighted by Crippen LogP contribution is -2.48. The van der Waals surface area contributed by atoms with Crippen molar-refractivity contribution in [3.8, 4) is 0 Å². The maximum atomic E-state index is 14.0. The maximum Gasteiger partial charge on any atom is 0.224 e. The van der Waals surface area contributed by atoms with Gasteiger partial charge in [0.2, 0.25) is 5.91 Å². The normalized spacial score (nSPS) is 18.2. The number of carbonyl (C=O) groups is 1. The zero-order valence-electron chi connectivity index (χ0n) is 15.8. The SMILES string of the molecule is O=C1CCc2c(NCC3(O)CCN(c4ccc(Cl)cc4Cl)CC3)ccc(F)c2N1. The summed E-state index contributed by atoms with van der Waals surface area (Å²) in [4.78, 5) is 13.7. The van der Waals surface area contributed by atoms with Crippen LogP contribution in [-0.2, 0) is 11.2 Å². The van der Waals surface area contributed by atoms with E-state index in [0.717, 1.165) is 16.9 Å². The number of rotatable bonds is 4. The van der Waals surface area contributed by atoms with Gasteiger partial charge in [0.25, 0.3) is 0 Å². The van der Waals surface area contributed by atoms with Crippen molar-refractivity contribution in [2.75, 3.05) is 35.2 Å². The molecule has 0 bridgehead atoms. The zero-order valence-corrected chi connectivity index (χ0v) is 17.3. The smallest absolute Gasteiger partial charge is 0.224 e. The standard InChI is InChI=1S/C21H22Cl2FN3O2/c22-13-1-5-18(15(23)11-13)27-9-7-21(29,8-10-27)12-25-17-4-3-16(24)20-14(17)2-6-19(28)26-20/h1,3-5,11,25,29H,2,6-10,12H2,(H,26,28). The molecule has 2 aromatic carbocycles. The number of anilines is 3. The Labute approximate surface area is 178 Å². The summed E-state index contributed by atoms with van der Waals surface area (Å²) >= 11 is 12.3. The van der Waals surface area contributed by atoms with Gasteiger partial charge in [0.15, 0.2) is 0 Å². The second-order valence-corrected chi connectivity index (χ2v) is 8.50. The first kappa shape index (κ1) is 20.3. The van der Waals surface area contributed by atoms with Crippen LogP contribution in [0.2, 0.25) is 10.0 Å². The van der Waals surface area contributed by atoms with Crippen molar-refractivity contribution in [1.82, 2.24) is 0 Å². The fourth-order valence-corrected chi connectivity index (χ4v) is 4.49. The molecule has 1 amide bonds. The Morgan fingerprint density at radius 2 is 1.93 bits per heavy atom. The summed E-state index contributed by atoms with van der Waals surface area (Å²) in [6.45, 7) is 1.68. The molecule has 2 heterocycles. The van der Waals surface area contributed by atoms with E-state index < -0.39 is 11.4 Å². The third-order valence-corrected chi connectivity index (χ3v) is 6.22. The van der Waals surface area contributed by atoms with E-state index in [9.17, 15) is 14.3 Å². The van der Waals surface area contributed by atoms with E-state index in [1.54, 1.807) is 12.1 Å². The topological polar surface area (TPSA) is 64.6 Å². The van der Waals surface area contributed by atoms with Gasteiger partial charge in [-0.05, 0) is 49.6 Å². The summed E-state index contributed by atoms with van der Waals surface area (Å²) in [6.07, 6.45) is 1.94. The molecule has 0 radical (unpaired) electrons. The molecule has 1 fully saturated rings. The van der Waals surface area contributed by atoms with Crippen LogP contribution in [0.5, 0.6) is 0 Å². The zero-order chi connectivity index (χ0) is 20.6. The van der Waals surface area contributed by atoms with Crippen LogP contribution in [-0.4, -0.2) is 36.2 Å². The van der Waals surface area contributed by atoms with Gasteiger partial charge in [0.05, 0.1) is 22.0 Å². The Bertz CT molecular complexity index is 946. The van der Waals surface area contributed by atoms with Crippen molar-refractivity contribution in [2.45, 2.75) is 31.3 Å². The Kier molecular flexibility index (Phi) is 5.60. The molecular weight excluding hydrogens is 416 g/mol. The van der Waals surface area contributed by atoms with E-state index >= 15 is 0 Å². The van der Waals surface area contributed by atoms with Crippen molar-refractivity contribution >= 4 is 46.2 Å². The molecule has 154 valence electrons. The monoisotopic (exact) mass is 437 g/mol. The highest BCUT2D eigenvalue weighted by atomic mass is 35.5. The van der Waals surface area contributed by atoms with Gasteiger partial charge in [-0.15, -0.1) is 0 Å². The van der Waals surface area contributed by atoms with Gasteiger partial charge in [0, 0.05) is 42.3 Å². The minimum atomic E-state index is -0.880. The van der Waals surface area contributed by atoms with Crippen LogP contribution in [0, 0.1) is 5.82 Å². The van der Waals surface area contributed by atoms with Gasteiger partial charge < -0.3 is 20.6 Å². The highest BCUT2D eigenvalue weighted by Gasteiger charge is 2.33. The molecule has 0 aliphatic carbocycles. The summed E-state index contributed by atoms with van der Waals surface area (Å²) in [5.74, 6) is -0.620. The summed E-state index contributed by atoms with van der Waals surface area (Å²) in [7, 11) is 0. The number of halogens is 3. The number of aliphatic hydroxyl groups is 1. The van der Waals surface area contributed by atoms with Gasteiger partial charge in [-0.3, -0.25) is 4.79 Å². The van der Waals surface area contributed by atoms with E-state index in [2.05, 4.69) is 15.5 Å². The lowest BCUT2D eigenvalue weighted by Gasteiger charge is -2.40. The lowest BCUT2D eigenvalue weighted by atomic mass is 9.90. The molecule has 5 nitrogen and oxygen atoms in total. The predicted octanol–water partition coefficient (Wildman–Crippen LogP) is 4.46. The highest BCUT2D eigenvalue weighted by Crippen LogP contribution is 2.35. The summed E-state index contributed by atoms with van der Waals surface area (Å²) in [5, 5.41) is 18.1. The molecule has 1 saturated heterocycles. The number of hydrogen-bond acceptors (Lipinski definition) is 4. The van der Waals surface area contributed by atoms with E-state index in [1.807, 2.05) is 12.1 Å². The molecule has 2 aliphatic heterocycles. The number of hydrogen-bond donors (Lipinski definition) is 3. The first-order chi connectivity index (χ1) is 13.8. The van der Waals surface area contributed by atoms with Gasteiger partial charge in [-0.2, -0.15) is 0 Å².